The van der Waals surface area contributed by atoms with E-state index in [2.05, 4.69) is 5.32 Å². The Morgan fingerprint density at radius 3 is 2.18 bits per heavy atom. The molecule has 10 heteroatoms. The van der Waals surface area contributed by atoms with Crippen molar-refractivity contribution in [2.75, 3.05) is 17.4 Å². The molecular formula is C29H33ClFN3O4S. The molecule has 0 aliphatic carbocycles. The fourth-order valence-electron chi connectivity index (χ4n) is 3.88. The van der Waals surface area contributed by atoms with E-state index < -0.39 is 34.3 Å². The van der Waals surface area contributed by atoms with Crippen LogP contribution in [0.3, 0.4) is 0 Å². The highest BCUT2D eigenvalue weighted by atomic mass is 35.5. The van der Waals surface area contributed by atoms with E-state index in [4.69, 9.17) is 11.6 Å². The summed E-state index contributed by atoms with van der Waals surface area (Å²) in [4.78, 5) is 28.0. The van der Waals surface area contributed by atoms with Crippen molar-refractivity contribution in [1.82, 2.24) is 10.2 Å². The zero-order chi connectivity index (χ0) is 28.6. The Labute approximate surface area is 234 Å². The van der Waals surface area contributed by atoms with Crippen molar-refractivity contribution in [3.63, 3.8) is 0 Å². The van der Waals surface area contributed by atoms with Crippen LogP contribution in [0.4, 0.5) is 10.1 Å². The first-order valence-corrected chi connectivity index (χ1v) is 14.5. The Bertz CT molecular complexity index is 1370. The highest BCUT2D eigenvalue weighted by molar-refractivity contribution is 7.92. The third-order valence-electron chi connectivity index (χ3n) is 6.27. The standard InChI is InChI=1S/C29H33ClFN3O4S/c1-4-5-18-32-29(36)22(3)33(19-23-8-10-24(30)11-9-23)28(35)20-34(26-14-6-21(2)7-15-26)39(37,38)27-16-12-25(31)13-17-27/h6-17,22H,4-5,18-20H2,1-3H3,(H,32,36). The van der Waals surface area contributed by atoms with Gasteiger partial charge in [0, 0.05) is 18.1 Å². The van der Waals surface area contributed by atoms with Gasteiger partial charge in [-0.05, 0) is 74.4 Å². The average molecular weight is 574 g/mol. The van der Waals surface area contributed by atoms with Crippen molar-refractivity contribution in [3.05, 3.63) is 94.8 Å². The SMILES string of the molecule is CCCCNC(=O)C(C)N(Cc1ccc(Cl)cc1)C(=O)CN(c1ccc(C)cc1)S(=O)(=O)c1ccc(F)cc1. The Balaban J connectivity index is 1.98. The number of aryl methyl sites for hydroxylation is 1. The second kappa shape index (κ2) is 13.6. The van der Waals surface area contributed by atoms with Crippen LogP contribution in [0.5, 0.6) is 0 Å². The molecule has 0 saturated carbocycles. The number of nitrogens with zero attached hydrogens (tertiary/aromatic N) is 2. The van der Waals surface area contributed by atoms with Crippen LogP contribution >= 0.6 is 11.6 Å². The van der Waals surface area contributed by atoms with Crippen molar-refractivity contribution < 1.29 is 22.4 Å². The molecule has 1 N–H and O–H groups in total. The fraction of sp³-hybridized carbons (Fsp3) is 0.310. The summed E-state index contributed by atoms with van der Waals surface area (Å²) in [6.45, 7) is 5.45. The molecule has 0 aromatic heterocycles. The van der Waals surface area contributed by atoms with E-state index in [0.717, 1.165) is 52.5 Å². The zero-order valence-electron chi connectivity index (χ0n) is 22.2. The molecule has 3 rings (SSSR count). The van der Waals surface area contributed by atoms with E-state index >= 15 is 0 Å². The lowest BCUT2D eigenvalue weighted by molar-refractivity contribution is -0.139. The second-order valence-corrected chi connectivity index (χ2v) is 11.6. The Morgan fingerprint density at radius 1 is 0.974 bits per heavy atom. The van der Waals surface area contributed by atoms with Crippen LogP contribution < -0.4 is 9.62 Å². The van der Waals surface area contributed by atoms with Gasteiger partial charge in [-0.1, -0.05) is 54.8 Å². The molecule has 39 heavy (non-hydrogen) atoms. The number of rotatable bonds is 12. The van der Waals surface area contributed by atoms with Crippen LogP contribution in [0.2, 0.25) is 5.02 Å². The normalized spacial score (nSPS) is 12.0. The lowest BCUT2D eigenvalue weighted by Gasteiger charge is -2.32. The Hall–Kier alpha value is -3.43. The Kier molecular flexibility index (Phi) is 10.5. The van der Waals surface area contributed by atoms with E-state index in [9.17, 15) is 22.4 Å². The van der Waals surface area contributed by atoms with Gasteiger partial charge in [-0.3, -0.25) is 13.9 Å². The van der Waals surface area contributed by atoms with Crippen LogP contribution in [-0.2, 0) is 26.2 Å². The number of benzene rings is 3. The van der Waals surface area contributed by atoms with Gasteiger partial charge in [0.2, 0.25) is 11.8 Å². The van der Waals surface area contributed by atoms with Crippen LogP contribution in [0.25, 0.3) is 0 Å². The summed E-state index contributed by atoms with van der Waals surface area (Å²) < 4.78 is 41.9. The predicted molar refractivity (Wildman–Crippen MR) is 151 cm³/mol. The summed E-state index contributed by atoms with van der Waals surface area (Å²) in [5.41, 5.74) is 1.90. The fourth-order valence-corrected chi connectivity index (χ4v) is 5.42. The third kappa shape index (κ3) is 8.03. The minimum Gasteiger partial charge on any atom is -0.354 e. The number of anilines is 1. The van der Waals surface area contributed by atoms with Crippen molar-refractivity contribution in [1.29, 1.82) is 0 Å². The van der Waals surface area contributed by atoms with Gasteiger partial charge < -0.3 is 10.2 Å². The number of halogens is 2. The van der Waals surface area contributed by atoms with Crippen LogP contribution in [0, 0.1) is 12.7 Å². The van der Waals surface area contributed by atoms with Crippen molar-refractivity contribution in [2.45, 2.75) is 51.1 Å². The van der Waals surface area contributed by atoms with Gasteiger partial charge in [-0.2, -0.15) is 0 Å². The van der Waals surface area contributed by atoms with Crippen molar-refractivity contribution >= 4 is 39.1 Å². The van der Waals surface area contributed by atoms with E-state index in [1.54, 1.807) is 55.5 Å². The molecule has 1 unspecified atom stereocenters. The van der Waals surface area contributed by atoms with Gasteiger partial charge in [0.05, 0.1) is 10.6 Å². The number of hydrogen-bond donors (Lipinski definition) is 1. The second-order valence-electron chi connectivity index (χ2n) is 9.27. The monoisotopic (exact) mass is 573 g/mol. The molecule has 1 atom stereocenters. The van der Waals surface area contributed by atoms with Crippen LogP contribution in [0.15, 0.2) is 77.7 Å². The molecule has 0 radical (unpaired) electrons. The molecule has 0 heterocycles. The summed E-state index contributed by atoms with van der Waals surface area (Å²) >= 11 is 6.02. The summed E-state index contributed by atoms with van der Waals surface area (Å²) in [5, 5.41) is 3.37. The molecular weight excluding hydrogens is 541 g/mol. The van der Waals surface area contributed by atoms with E-state index in [-0.39, 0.29) is 23.0 Å². The smallest absolute Gasteiger partial charge is 0.264 e. The highest BCUT2D eigenvalue weighted by Crippen LogP contribution is 2.25. The largest absolute Gasteiger partial charge is 0.354 e. The molecule has 0 aliphatic heterocycles. The summed E-state index contributed by atoms with van der Waals surface area (Å²) in [5.74, 6) is -1.49. The molecule has 208 valence electrons. The number of hydrogen-bond acceptors (Lipinski definition) is 4. The lowest BCUT2D eigenvalue weighted by Crippen LogP contribution is -2.51. The third-order valence-corrected chi connectivity index (χ3v) is 8.31. The summed E-state index contributed by atoms with van der Waals surface area (Å²) in [6.07, 6.45) is 1.69. The number of carbonyl (C=O) groups is 2. The minimum atomic E-state index is -4.25. The molecule has 0 aliphatic rings. The van der Waals surface area contributed by atoms with Gasteiger partial charge in [-0.25, -0.2) is 12.8 Å². The van der Waals surface area contributed by atoms with E-state index in [1.807, 2.05) is 13.8 Å². The summed E-state index contributed by atoms with van der Waals surface area (Å²) in [7, 11) is -4.25. The molecule has 0 bridgehead atoms. The first-order valence-electron chi connectivity index (χ1n) is 12.7. The predicted octanol–water partition coefficient (Wildman–Crippen LogP) is 5.32. The van der Waals surface area contributed by atoms with Crippen LogP contribution in [-0.4, -0.2) is 44.3 Å². The average Bonchev–Trinajstić information content (AvgIpc) is 2.91. The van der Waals surface area contributed by atoms with E-state index in [1.165, 1.54) is 4.90 Å². The summed E-state index contributed by atoms with van der Waals surface area (Å²) in [6, 6.07) is 17.1. The maximum atomic E-state index is 13.8. The Morgan fingerprint density at radius 2 is 1.59 bits per heavy atom. The van der Waals surface area contributed by atoms with Gasteiger partial charge in [0.25, 0.3) is 10.0 Å². The number of amides is 2. The molecule has 2 amide bonds. The molecule has 3 aromatic rings. The first-order chi connectivity index (χ1) is 18.5. The maximum absolute atomic E-state index is 13.8. The number of unbranched alkanes of at least 4 members (excludes halogenated alkanes) is 1. The molecule has 3 aromatic carbocycles. The molecule has 0 spiro atoms. The van der Waals surface area contributed by atoms with Crippen LogP contribution in [0.1, 0.15) is 37.8 Å². The van der Waals surface area contributed by atoms with Gasteiger partial charge >= 0.3 is 0 Å². The number of carbonyl (C=O) groups excluding carboxylic acids is 2. The number of sulfonamides is 1. The zero-order valence-corrected chi connectivity index (χ0v) is 23.8. The van der Waals surface area contributed by atoms with Gasteiger partial charge in [0.1, 0.15) is 18.4 Å². The molecule has 0 fully saturated rings. The highest BCUT2D eigenvalue weighted by Gasteiger charge is 2.32. The lowest BCUT2D eigenvalue weighted by atomic mass is 10.1. The quantitative estimate of drug-likeness (QED) is 0.297. The maximum Gasteiger partial charge on any atom is 0.264 e. The molecule has 0 saturated heterocycles. The van der Waals surface area contributed by atoms with Crippen molar-refractivity contribution in [2.24, 2.45) is 0 Å². The topological polar surface area (TPSA) is 86.8 Å². The number of nitrogens with one attached hydrogen (secondary N) is 1. The van der Waals surface area contributed by atoms with Gasteiger partial charge in [-0.15, -0.1) is 0 Å². The van der Waals surface area contributed by atoms with E-state index in [0.29, 0.717) is 11.6 Å². The van der Waals surface area contributed by atoms with Crippen molar-refractivity contribution in [3.8, 4) is 0 Å². The first kappa shape index (κ1) is 30.1. The molecule has 7 nitrogen and oxygen atoms in total. The van der Waals surface area contributed by atoms with Gasteiger partial charge in [0.15, 0.2) is 0 Å². The minimum absolute atomic E-state index is 0.0662.